The van der Waals surface area contributed by atoms with Gasteiger partial charge in [0.1, 0.15) is 17.8 Å². The Morgan fingerprint density at radius 3 is 2.55 bits per heavy atom. The molecule has 174 valence electrons. The molecule has 6 rings (SSSR count). The van der Waals surface area contributed by atoms with E-state index >= 15 is 0 Å². The van der Waals surface area contributed by atoms with Crippen molar-refractivity contribution in [3.8, 4) is 23.0 Å². The van der Waals surface area contributed by atoms with Crippen LogP contribution in [0.25, 0.3) is 11.5 Å². The SMILES string of the molecule is C1OC2CC1C2.CCCOc1ccccc1C(=O)CCc1coc(-c2ccc(OC)cc2)n1. The number of carbonyl (C=O) groups excluding carboxylic acids is 1. The van der Waals surface area contributed by atoms with Crippen molar-refractivity contribution in [3.05, 3.63) is 66.1 Å². The van der Waals surface area contributed by atoms with E-state index in [0.717, 1.165) is 36.0 Å². The average molecular weight is 450 g/mol. The second-order valence-electron chi connectivity index (χ2n) is 8.43. The number of ether oxygens (including phenoxy) is 3. The highest BCUT2D eigenvalue weighted by Crippen LogP contribution is 2.37. The Morgan fingerprint density at radius 2 is 1.91 bits per heavy atom. The second kappa shape index (κ2) is 11.1. The molecule has 1 aromatic heterocycles. The third-order valence-electron chi connectivity index (χ3n) is 5.91. The summed E-state index contributed by atoms with van der Waals surface area (Å²) in [5.41, 5.74) is 2.23. The first-order chi connectivity index (χ1) is 16.2. The number of hydrogen-bond acceptors (Lipinski definition) is 6. The Balaban J connectivity index is 0.000000367. The molecule has 6 nitrogen and oxygen atoms in total. The molecule has 0 N–H and O–H groups in total. The van der Waals surface area contributed by atoms with E-state index in [2.05, 4.69) is 4.98 Å². The normalized spacial score (nSPS) is 18.1. The van der Waals surface area contributed by atoms with Crippen LogP contribution in [-0.2, 0) is 11.2 Å². The number of para-hydroxylation sites is 1. The molecule has 2 saturated heterocycles. The molecule has 1 saturated carbocycles. The van der Waals surface area contributed by atoms with Gasteiger partial charge in [-0.1, -0.05) is 19.1 Å². The molecule has 33 heavy (non-hydrogen) atoms. The van der Waals surface area contributed by atoms with E-state index < -0.39 is 0 Å². The number of fused-ring (bicyclic) bond motifs is 1. The van der Waals surface area contributed by atoms with Crippen molar-refractivity contribution >= 4 is 5.78 Å². The van der Waals surface area contributed by atoms with Crippen LogP contribution in [0, 0.1) is 5.92 Å². The first-order valence-corrected chi connectivity index (χ1v) is 11.6. The number of nitrogens with zero attached hydrogens (tertiary/aromatic N) is 1. The van der Waals surface area contributed by atoms with Gasteiger partial charge in [0.2, 0.25) is 5.89 Å². The summed E-state index contributed by atoms with van der Waals surface area (Å²) in [6.07, 6.45) is 6.78. The number of ketones is 1. The van der Waals surface area contributed by atoms with Crippen LogP contribution in [-0.4, -0.2) is 37.2 Å². The van der Waals surface area contributed by atoms with Gasteiger partial charge in [-0.05, 0) is 61.6 Å². The molecule has 0 spiro atoms. The minimum atomic E-state index is 0.0377. The van der Waals surface area contributed by atoms with Gasteiger partial charge in [-0.15, -0.1) is 0 Å². The van der Waals surface area contributed by atoms with Crippen molar-refractivity contribution in [1.29, 1.82) is 0 Å². The molecule has 0 amide bonds. The third kappa shape index (κ3) is 6.02. The lowest BCUT2D eigenvalue weighted by molar-refractivity contribution is 0.0978. The number of benzene rings is 2. The van der Waals surface area contributed by atoms with E-state index in [1.807, 2.05) is 49.4 Å². The molecule has 3 fully saturated rings. The summed E-state index contributed by atoms with van der Waals surface area (Å²) in [4.78, 5) is 17.1. The van der Waals surface area contributed by atoms with Gasteiger partial charge >= 0.3 is 0 Å². The summed E-state index contributed by atoms with van der Waals surface area (Å²) in [5.74, 6) is 2.96. The van der Waals surface area contributed by atoms with Gasteiger partial charge in [0.15, 0.2) is 5.78 Å². The number of carbonyl (C=O) groups is 1. The molecule has 2 aliphatic heterocycles. The molecule has 2 aromatic carbocycles. The summed E-state index contributed by atoms with van der Waals surface area (Å²) >= 11 is 0. The standard InChI is InChI=1S/C22H23NO4.C5H8O/c1-3-14-26-21-7-5-4-6-19(21)20(24)13-10-17-15-27-22(23-17)16-8-11-18(25-2)12-9-16;1-4-2-5(1)6-3-4/h4-9,11-12,15H,3,10,13-14H2,1-2H3;4-5H,1-3H2. The quantitative estimate of drug-likeness (QED) is 0.387. The maximum absolute atomic E-state index is 12.6. The number of methoxy groups -OCH3 is 1. The van der Waals surface area contributed by atoms with Crippen LogP contribution in [0.1, 0.15) is 48.7 Å². The van der Waals surface area contributed by atoms with Crippen molar-refractivity contribution < 1.29 is 23.4 Å². The predicted octanol–water partition coefficient (Wildman–Crippen LogP) is 5.75. The van der Waals surface area contributed by atoms with Gasteiger partial charge < -0.3 is 18.6 Å². The summed E-state index contributed by atoms with van der Waals surface area (Å²) in [7, 11) is 1.63. The topological polar surface area (TPSA) is 70.8 Å². The summed E-state index contributed by atoms with van der Waals surface area (Å²) in [6, 6.07) is 14.9. The van der Waals surface area contributed by atoms with Crippen molar-refractivity contribution in [1.82, 2.24) is 4.98 Å². The molecule has 1 aliphatic carbocycles. The molecule has 3 heterocycles. The van der Waals surface area contributed by atoms with Gasteiger partial charge in [0.25, 0.3) is 0 Å². The third-order valence-corrected chi connectivity index (χ3v) is 5.91. The van der Waals surface area contributed by atoms with Crippen molar-refractivity contribution in [2.24, 2.45) is 5.92 Å². The first kappa shape index (κ1) is 23.1. The van der Waals surface area contributed by atoms with E-state index in [1.165, 1.54) is 12.8 Å². The van der Waals surface area contributed by atoms with E-state index in [9.17, 15) is 4.79 Å². The molecule has 0 radical (unpaired) electrons. The van der Waals surface area contributed by atoms with Crippen LogP contribution in [0.15, 0.2) is 59.2 Å². The smallest absolute Gasteiger partial charge is 0.226 e. The Bertz CT molecular complexity index is 1020. The van der Waals surface area contributed by atoms with Crippen LogP contribution >= 0.6 is 0 Å². The Hall–Kier alpha value is -3.12. The van der Waals surface area contributed by atoms with Crippen LogP contribution in [0.4, 0.5) is 0 Å². The highest BCUT2D eigenvalue weighted by molar-refractivity contribution is 5.98. The van der Waals surface area contributed by atoms with E-state index in [-0.39, 0.29) is 5.78 Å². The fourth-order valence-electron chi connectivity index (χ4n) is 3.92. The molecule has 6 heteroatoms. The number of aryl methyl sites for hydroxylation is 1. The summed E-state index contributed by atoms with van der Waals surface area (Å²) < 4.78 is 21.6. The fourth-order valence-corrected chi connectivity index (χ4v) is 3.92. The molecule has 0 unspecified atom stereocenters. The molecule has 2 bridgehead atoms. The van der Waals surface area contributed by atoms with Gasteiger partial charge in [-0.2, -0.15) is 0 Å². The largest absolute Gasteiger partial charge is 0.497 e. The molecule has 3 aliphatic rings. The number of hydrogen-bond donors (Lipinski definition) is 0. The Kier molecular flexibility index (Phi) is 7.79. The lowest BCUT2D eigenvalue weighted by atomic mass is 9.87. The fraction of sp³-hybridized carbons (Fsp3) is 0.407. The van der Waals surface area contributed by atoms with E-state index in [1.54, 1.807) is 19.4 Å². The number of Topliss-reactive ketones (excluding diaryl/α,β-unsaturated/α-hetero) is 1. The number of oxazole rings is 1. The molecular weight excluding hydrogens is 418 g/mol. The molecule has 0 atom stereocenters. The summed E-state index contributed by atoms with van der Waals surface area (Å²) in [5, 5.41) is 0. The predicted molar refractivity (Wildman–Crippen MR) is 126 cm³/mol. The number of rotatable bonds is 9. The Morgan fingerprint density at radius 1 is 1.12 bits per heavy atom. The van der Waals surface area contributed by atoms with Crippen LogP contribution < -0.4 is 9.47 Å². The zero-order valence-corrected chi connectivity index (χ0v) is 19.3. The molecule has 3 aromatic rings. The Labute approximate surface area is 194 Å². The maximum Gasteiger partial charge on any atom is 0.226 e. The minimum absolute atomic E-state index is 0.0377. The number of aromatic nitrogens is 1. The zero-order valence-electron chi connectivity index (χ0n) is 19.3. The highest BCUT2D eigenvalue weighted by atomic mass is 16.5. The second-order valence-corrected chi connectivity index (χ2v) is 8.43. The van der Waals surface area contributed by atoms with Crippen molar-refractivity contribution in [2.45, 2.75) is 45.1 Å². The van der Waals surface area contributed by atoms with Gasteiger partial charge in [0.05, 0.1) is 31.1 Å². The van der Waals surface area contributed by atoms with Crippen molar-refractivity contribution in [3.63, 3.8) is 0 Å². The average Bonchev–Trinajstić information content (AvgIpc) is 3.60. The van der Waals surface area contributed by atoms with Gasteiger partial charge in [-0.3, -0.25) is 4.79 Å². The maximum atomic E-state index is 12.6. The lowest BCUT2D eigenvalue weighted by Crippen LogP contribution is -2.17. The molecular formula is C27H31NO5. The highest BCUT2D eigenvalue weighted by Gasteiger charge is 2.36. The van der Waals surface area contributed by atoms with Crippen LogP contribution in [0.3, 0.4) is 0 Å². The van der Waals surface area contributed by atoms with E-state index in [0.29, 0.717) is 42.8 Å². The lowest BCUT2D eigenvalue weighted by Gasteiger charge is -2.17. The van der Waals surface area contributed by atoms with Crippen LogP contribution in [0.5, 0.6) is 11.5 Å². The van der Waals surface area contributed by atoms with Crippen LogP contribution in [0.2, 0.25) is 0 Å². The monoisotopic (exact) mass is 449 g/mol. The van der Waals surface area contributed by atoms with Gasteiger partial charge in [-0.25, -0.2) is 4.98 Å². The first-order valence-electron chi connectivity index (χ1n) is 11.6. The van der Waals surface area contributed by atoms with E-state index in [4.69, 9.17) is 18.6 Å². The van der Waals surface area contributed by atoms with Crippen molar-refractivity contribution in [2.75, 3.05) is 20.3 Å². The van der Waals surface area contributed by atoms with Gasteiger partial charge in [0, 0.05) is 25.0 Å². The summed E-state index contributed by atoms with van der Waals surface area (Å²) in [6.45, 7) is 3.69. The zero-order chi connectivity index (χ0) is 23.0. The minimum Gasteiger partial charge on any atom is -0.497 e.